The van der Waals surface area contributed by atoms with Gasteiger partial charge in [-0.25, -0.2) is 9.79 Å². The normalized spacial score (nSPS) is 14.7. The molecule has 3 aromatic carbocycles. The van der Waals surface area contributed by atoms with Gasteiger partial charge in [-0.3, -0.25) is 9.36 Å². The van der Waals surface area contributed by atoms with E-state index >= 15 is 0 Å². The van der Waals surface area contributed by atoms with E-state index in [1.165, 1.54) is 11.3 Å². The number of ether oxygens (including phenoxy) is 4. The smallest absolute Gasteiger partial charge is 0.338 e. The maximum Gasteiger partial charge on any atom is 0.338 e. The van der Waals surface area contributed by atoms with E-state index in [1.807, 2.05) is 72.8 Å². The molecule has 42 heavy (non-hydrogen) atoms. The molecule has 4 aromatic rings. The van der Waals surface area contributed by atoms with Gasteiger partial charge in [0.05, 0.1) is 42.7 Å². The van der Waals surface area contributed by atoms with Crippen LogP contribution in [-0.2, 0) is 16.1 Å². The molecular formula is C32H29BrN2O6S. The summed E-state index contributed by atoms with van der Waals surface area (Å²) >= 11 is 4.80. The van der Waals surface area contributed by atoms with E-state index in [0.29, 0.717) is 38.7 Å². The highest BCUT2D eigenvalue weighted by atomic mass is 79.9. The number of fused-ring (bicyclic) bond motifs is 1. The van der Waals surface area contributed by atoms with Crippen LogP contribution in [0.25, 0.3) is 6.08 Å². The average Bonchev–Trinajstić information content (AvgIpc) is 3.29. The zero-order valence-corrected chi connectivity index (χ0v) is 26.0. The van der Waals surface area contributed by atoms with E-state index < -0.39 is 12.0 Å². The summed E-state index contributed by atoms with van der Waals surface area (Å²) < 4.78 is 25.0. The molecule has 8 nitrogen and oxygen atoms in total. The van der Waals surface area contributed by atoms with Crippen LogP contribution in [0, 0.1) is 0 Å². The van der Waals surface area contributed by atoms with Crippen molar-refractivity contribution in [2.24, 2.45) is 4.99 Å². The van der Waals surface area contributed by atoms with Gasteiger partial charge in [0.1, 0.15) is 23.9 Å². The number of carbonyl (C=O) groups excluding carboxylic acids is 1. The fraction of sp³-hybridized carbons (Fsp3) is 0.219. The molecular weight excluding hydrogens is 620 g/mol. The number of carbonyl (C=O) groups is 1. The van der Waals surface area contributed by atoms with Crippen molar-refractivity contribution in [2.45, 2.75) is 26.5 Å². The summed E-state index contributed by atoms with van der Waals surface area (Å²) in [6.45, 7) is 4.05. The summed E-state index contributed by atoms with van der Waals surface area (Å²) in [5.74, 6) is 1.62. The van der Waals surface area contributed by atoms with Gasteiger partial charge in [-0.05, 0) is 73.5 Å². The molecule has 0 radical (unpaired) electrons. The van der Waals surface area contributed by atoms with Crippen molar-refractivity contribution in [3.63, 3.8) is 0 Å². The number of benzene rings is 3. The van der Waals surface area contributed by atoms with Gasteiger partial charge in [0.2, 0.25) is 0 Å². The number of hydrogen-bond donors (Lipinski definition) is 0. The third kappa shape index (κ3) is 6.05. The van der Waals surface area contributed by atoms with Crippen molar-refractivity contribution < 1.29 is 23.7 Å². The Hall–Kier alpha value is -4.15. The Labute approximate surface area is 255 Å². The molecule has 5 rings (SSSR count). The predicted octanol–water partition coefficient (Wildman–Crippen LogP) is 5.16. The number of nitrogens with zero attached hydrogens (tertiary/aromatic N) is 2. The quantitative estimate of drug-likeness (QED) is 0.233. The summed E-state index contributed by atoms with van der Waals surface area (Å²) in [4.78, 5) is 32.0. The van der Waals surface area contributed by atoms with Gasteiger partial charge in [-0.2, -0.15) is 0 Å². The Morgan fingerprint density at radius 1 is 1.05 bits per heavy atom. The number of allylic oxidation sites excluding steroid dienone is 1. The lowest BCUT2D eigenvalue weighted by molar-refractivity contribution is -0.139. The molecule has 0 unspecified atom stereocenters. The lowest BCUT2D eigenvalue weighted by Crippen LogP contribution is -2.39. The summed E-state index contributed by atoms with van der Waals surface area (Å²) in [6.07, 6.45) is 1.82. The third-order valence-corrected chi connectivity index (χ3v) is 8.22. The van der Waals surface area contributed by atoms with Gasteiger partial charge in [0, 0.05) is 10.0 Å². The molecule has 0 saturated heterocycles. The van der Waals surface area contributed by atoms with Crippen LogP contribution in [0.4, 0.5) is 0 Å². The molecule has 0 fully saturated rings. The van der Waals surface area contributed by atoms with Crippen LogP contribution in [0.5, 0.6) is 17.2 Å². The maximum atomic E-state index is 13.8. The monoisotopic (exact) mass is 648 g/mol. The molecule has 1 atom stereocenters. The first-order valence-corrected chi connectivity index (χ1v) is 14.8. The lowest BCUT2D eigenvalue weighted by Gasteiger charge is -2.24. The molecule has 0 N–H and O–H groups in total. The van der Waals surface area contributed by atoms with Gasteiger partial charge in [0.25, 0.3) is 5.56 Å². The van der Waals surface area contributed by atoms with Gasteiger partial charge in [-0.1, -0.05) is 51.5 Å². The van der Waals surface area contributed by atoms with E-state index in [4.69, 9.17) is 18.9 Å². The Balaban J connectivity index is 1.47. The molecule has 1 aromatic heterocycles. The van der Waals surface area contributed by atoms with Gasteiger partial charge in [0.15, 0.2) is 4.80 Å². The predicted molar refractivity (Wildman–Crippen MR) is 165 cm³/mol. The fourth-order valence-corrected chi connectivity index (χ4v) is 6.21. The molecule has 1 aliphatic heterocycles. The van der Waals surface area contributed by atoms with Crippen LogP contribution < -0.4 is 29.1 Å². The van der Waals surface area contributed by atoms with Gasteiger partial charge in [-0.15, -0.1) is 0 Å². The first-order chi connectivity index (χ1) is 20.3. The number of rotatable bonds is 9. The Morgan fingerprint density at radius 2 is 1.81 bits per heavy atom. The molecule has 1 aliphatic rings. The van der Waals surface area contributed by atoms with Crippen LogP contribution >= 0.6 is 27.3 Å². The van der Waals surface area contributed by atoms with Crippen LogP contribution in [0.15, 0.2) is 92.3 Å². The molecule has 216 valence electrons. The van der Waals surface area contributed by atoms with E-state index in [0.717, 1.165) is 26.9 Å². The van der Waals surface area contributed by atoms with Crippen LogP contribution in [0.2, 0.25) is 0 Å². The lowest BCUT2D eigenvalue weighted by atomic mass is 9.96. The maximum absolute atomic E-state index is 13.8. The summed E-state index contributed by atoms with van der Waals surface area (Å²) in [5, 5.41) is 0. The highest BCUT2D eigenvalue weighted by Crippen LogP contribution is 2.32. The molecule has 0 saturated carbocycles. The Kier molecular flexibility index (Phi) is 8.94. The number of aromatic nitrogens is 1. The topological polar surface area (TPSA) is 88.4 Å². The van der Waals surface area contributed by atoms with Crippen molar-refractivity contribution in [1.29, 1.82) is 0 Å². The van der Waals surface area contributed by atoms with E-state index in [1.54, 1.807) is 32.6 Å². The second-order valence-corrected chi connectivity index (χ2v) is 11.3. The molecule has 0 spiro atoms. The number of methoxy groups -OCH3 is 2. The highest BCUT2D eigenvalue weighted by Gasteiger charge is 2.33. The molecule has 0 amide bonds. The van der Waals surface area contributed by atoms with Gasteiger partial charge < -0.3 is 18.9 Å². The second kappa shape index (κ2) is 12.8. The minimum Gasteiger partial charge on any atom is -0.497 e. The third-order valence-electron chi connectivity index (χ3n) is 6.74. The average molecular weight is 650 g/mol. The van der Waals surface area contributed by atoms with Crippen molar-refractivity contribution in [3.8, 4) is 17.2 Å². The highest BCUT2D eigenvalue weighted by molar-refractivity contribution is 9.10. The first-order valence-electron chi connectivity index (χ1n) is 13.2. The molecule has 2 heterocycles. The number of thiazole rings is 1. The van der Waals surface area contributed by atoms with E-state index in [-0.39, 0.29) is 12.2 Å². The summed E-state index contributed by atoms with van der Waals surface area (Å²) in [6, 6.07) is 19.9. The zero-order chi connectivity index (χ0) is 29.8. The number of hydrogen-bond acceptors (Lipinski definition) is 8. The first kappa shape index (κ1) is 29.3. The number of halogens is 1. The van der Waals surface area contributed by atoms with Crippen molar-refractivity contribution in [2.75, 3.05) is 20.8 Å². The van der Waals surface area contributed by atoms with Crippen LogP contribution in [0.3, 0.4) is 0 Å². The molecule has 10 heteroatoms. The van der Waals surface area contributed by atoms with Gasteiger partial charge >= 0.3 is 5.97 Å². The van der Waals surface area contributed by atoms with Crippen molar-refractivity contribution in [3.05, 3.63) is 119 Å². The standard InChI is InChI=1S/C32H29BrN2O6S/c1-5-40-31(37)28-19(2)34-32-35(29(28)21-7-6-8-23(33)16-21)30(36)27(42-32)15-20-9-11-24(12-10-20)41-18-22-17-25(38-3)13-14-26(22)39-4/h6-17,29H,5,18H2,1-4H3/b27-15-/t29-/m0/s1. The summed E-state index contributed by atoms with van der Waals surface area (Å²) in [7, 11) is 3.23. The molecule has 0 bridgehead atoms. The SMILES string of the molecule is CCOC(=O)C1=C(C)N=c2s/c(=C\c3ccc(OCc4cc(OC)ccc4OC)cc3)c(=O)n2[C@H]1c1cccc(Br)c1. The van der Waals surface area contributed by atoms with Crippen LogP contribution in [0.1, 0.15) is 36.6 Å². The Morgan fingerprint density at radius 3 is 2.50 bits per heavy atom. The molecule has 0 aliphatic carbocycles. The van der Waals surface area contributed by atoms with Crippen molar-refractivity contribution >= 4 is 39.3 Å². The number of esters is 1. The van der Waals surface area contributed by atoms with E-state index in [2.05, 4.69) is 20.9 Å². The van der Waals surface area contributed by atoms with E-state index in [9.17, 15) is 9.59 Å². The summed E-state index contributed by atoms with van der Waals surface area (Å²) in [5.41, 5.74) is 3.11. The Bertz CT molecular complexity index is 1840. The minimum absolute atomic E-state index is 0.220. The largest absolute Gasteiger partial charge is 0.497 e. The van der Waals surface area contributed by atoms with Crippen molar-refractivity contribution in [1.82, 2.24) is 4.57 Å². The zero-order valence-electron chi connectivity index (χ0n) is 23.5. The fourth-order valence-electron chi connectivity index (χ4n) is 4.75. The second-order valence-electron chi connectivity index (χ2n) is 9.39. The van der Waals surface area contributed by atoms with Crippen LogP contribution in [-0.4, -0.2) is 31.4 Å². The minimum atomic E-state index is -0.663.